The van der Waals surface area contributed by atoms with Gasteiger partial charge in [-0.25, -0.2) is 0 Å². The molecule has 2 heteroatoms. The molecular weight excluding hydrogens is 380 g/mol. The first-order valence-electron chi connectivity index (χ1n) is 11.2. The minimum atomic E-state index is -1.41. The lowest BCUT2D eigenvalue weighted by Crippen LogP contribution is -2.45. The van der Waals surface area contributed by atoms with E-state index in [0.29, 0.717) is 0 Å². The van der Waals surface area contributed by atoms with E-state index in [1.165, 1.54) is 27.8 Å². The average Bonchev–Trinajstić information content (AvgIpc) is 3.01. The monoisotopic (exact) mass is 420 g/mol. The van der Waals surface area contributed by atoms with E-state index in [1.54, 1.807) is 15.9 Å². The molecule has 0 atom stereocenters. The summed E-state index contributed by atoms with van der Waals surface area (Å²) in [6.07, 6.45) is 4.77. The van der Waals surface area contributed by atoms with Crippen LogP contribution in [-0.4, -0.2) is 16.1 Å². The first-order valence-corrected chi connectivity index (χ1v) is 18.2. The maximum atomic E-state index is 2.55. The molecule has 0 amide bonds. The molecule has 0 bridgehead atoms. The molecule has 0 fully saturated rings. The van der Waals surface area contributed by atoms with Gasteiger partial charge in [0, 0.05) is 0 Å². The van der Waals surface area contributed by atoms with Crippen molar-refractivity contribution in [1.29, 1.82) is 0 Å². The molecule has 0 spiro atoms. The van der Waals surface area contributed by atoms with Crippen LogP contribution in [0.5, 0.6) is 0 Å². The standard InChI is InChI=1S/C27H40Si2/c1-11-19-14-20-12-13-25(27(2,3)4)26(24(20)15-19)21-16-22(28(5,6)7)18-23(17-21)29(8,9)10/h12-13,15-18H,11,14H2,1-10H3. The predicted octanol–water partition coefficient (Wildman–Crippen LogP) is 7.09. The van der Waals surface area contributed by atoms with E-state index in [2.05, 4.69) is 103 Å². The molecule has 0 saturated carbocycles. The van der Waals surface area contributed by atoms with Gasteiger partial charge in [-0.2, -0.15) is 0 Å². The van der Waals surface area contributed by atoms with E-state index in [1.807, 2.05) is 0 Å². The molecule has 156 valence electrons. The highest BCUT2D eigenvalue weighted by atomic mass is 28.3. The Kier molecular flexibility index (Phi) is 5.68. The van der Waals surface area contributed by atoms with Crippen molar-refractivity contribution in [2.75, 3.05) is 0 Å². The smallest absolute Gasteiger partial charge is 0.0656 e. The number of hydrogen-bond donors (Lipinski definition) is 0. The summed E-state index contributed by atoms with van der Waals surface area (Å²) in [5.41, 5.74) is 9.14. The Hall–Kier alpha value is -1.39. The third-order valence-corrected chi connectivity index (χ3v) is 10.4. The van der Waals surface area contributed by atoms with Gasteiger partial charge in [0.05, 0.1) is 16.1 Å². The lowest BCUT2D eigenvalue weighted by Gasteiger charge is -2.28. The first-order chi connectivity index (χ1) is 13.2. The van der Waals surface area contributed by atoms with E-state index in [9.17, 15) is 0 Å². The van der Waals surface area contributed by atoms with Gasteiger partial charge in [-0.1, -0.05) is 119 Å². The largest absolute Gasteiger partial charge is 0.0776 e. The lowest BCUT2D eigenvalue weighted by molar-refractivity contribution is 0.591. The Morgan fingerprint density at radius 2 is 1.38 bits per heavy atom. The topological polar surface area (TPSA) is 0 Å². The third kappa shape index (κ3) is 4.54. The van der Waals surface area contributed by atoms with Gasteiger partial charge in [-0.15, -0.1) is 0 Å². The van der Waals surface area contributed by atoms with Gasteiger partial charge >= 0.3 is 0 Å². The average molecular weight is 421 g/mol. The van der Waals surface area contributed by atoms with E-state index < -0.39 is 16.1 Å². The molecule has 1 aliphatic carbocycles. The summed E-state index contributed by atoms with van der Waals surface area (Å²) in [4.78, 5) is 0. The maximum absolute atomic E-state index is 2.55. The summed E-state index contributed by atoms with van der Waals surface area (Å²) >= 11 is 0. The van der Waals surface area contributed by atoms with Crippen LogP contribution in [-0.2, 0) is 11.8 Å². The highest BCUT2D eigenvalue weighted by molar-refractivity contribution is 6.91. The van der Waals surface area contributed by atoms with Crippen LogP contribution in [0.1, 0.15) is 50.8 Å². The van der Waals surface area contributed by atoms with Crippen molar-refractivity contribution in [1.82, 2.24) is 0 Å². The molecular formula is C27H40Si2. The van der Waals surface area contributed by atoms with Crippen molar-refractivity contribution >= 4 is 32.6 Å². The van der Waals surface area contributed by atoms with Crippen molar-refractivity contribution in [3.8, 4) is 11.1 Å². The molecule has 2 aromatic rings. The fraction of sp³-hybridized carbons (Fsp3) is 0.481. The van der Waals surface area contributed by atoms with E-state index in [0.717, 1.165) is 12.8 Å². The molecule has 29 heavy (non-hydrogen) atoms. The van der Waals surface area contributed by atoms with Gasteiger partial charge in [0.15, 0.2) is 0 Å². The zero-order chi connectivity index (χ0) is 21.8. The maximum Gasteiger partial charge on any atom is 0.0776 e. The van der Waals surface area contributed by atoms with Crippen LogP contribution in [0.15, 0.2) is 35.9 Å². The molecule has 0 aromatic heterocycles. The van der Waals surface area contributed by atoms with Crippen molar-refractivity contribution in [2.45, 2.75) is 85.2 Å². The molecule has 0 radical (unpaired) electrons. The number of hydrogen-bond acceptors (Lipinski definition) is 0. The van der Waals surface area contributed by atoms with Gasteiger partial charge in [0.2, 0.25) is 0 Å². The molecule has 0 nitrogen and oxygen atoms in total. The Bertz CT molecular complexity index is 925. The second-order valence-electron chi connectivity index (χ2n) is 11.9. The summed E-state index contributed by atoms with van der Waals surface area (Å²) in [6, 6.07) is 12.4. The van der Waals surface area contributed by atoms with Crippen LogP contribution in [0.25, 0.3) is 17.2 Å². The fourth-order valence-electron chi connectivity index (χ4n) is 4.28. The highest BCUT2D eigenvalue weighted by Crippen LogP contribution is 2.41. The fourth-order valence-corrected chi connectivity index (χ4v) is 6.78. The first kappa shape index (κ1) is 22.3. The SMILES string of the molecule is CCC1=Cc2c(ccc(C(C)(C)C)c2-c2cc([Si](C)(C)C)cc([Si](C)(C)C)c2)C1. The Labute approximate surface area is 181 Å². The minimum Gasteiger partial charge on any atom is -0.0656 e. The third-order valence-electron chi connectivity index (χ3n) is 6.32. The van der Waals surface area contributed by atoms with Crippen LogP contribution in [0, 0.1) is 0 Å². The summed E-state index contributed by atoms with van der Waals surface area (Å²) in [5, 5.41) is 3.20. The van der Waals surface area contributed by atoms with Crippen molar-refractivity contribution in [2.24, 2.45) is 0 Å². The summed E-state index contributed by atoms with van der Waals surface area (Å²) in [7, 11) is -2.82. The van der Waals surface area contributed by atoms with Crippen molar-refractivity contribution < 1.29 is 0 Å². The van der Waals surface area contributed by atoms with E-state index >= 15 is 0 Å². The van der Waals surface area contributed by atoms with Crippen LogP contribution in [0.2, 0.25) is 39.3 Å². The van der Waals surface area contributed by atoms with E-state index in [4.69, 9.17) is 0 Å². The molecule has 3 rings (SSSR count). The van der Waals surface area contributed by atoms with Gasteiger partial charge in [-0.05, 0) is 46.1 Å². The molecule has 0 heterocycles. The number of benzene rings is 2. The van der Waals surface area contributed by atoms with Gasteiger partial charge < -0.3 is 0 Å². The summed E-state index contributed by atoms with van der Waals surface area (Å²) in [6.45, 7) is 24.3. The van der Waals surface area contributed by atoms with Gasteiger partial charge in [0.1, 0.15) is 0 Å². The zero-order valence-electron chi connectivity index (χ0n) is 20.4. The lowest BCUT2D eigenvalue weighted by atomic mass is 9.79. The van der Waals surface area contributed by atoms with Crippen LogP contribution in [0.4, 0.5) is 0 Å². The van der Waals surface area contributed by atoms with E-state index in [-0.39, 0.29) is 5.41 Å². The second kappa shape index (κ2) is 7.39. The van der Waals surface area contributed by atoms with Gasteiger partial charge in [-0.3, -0.25) is 0 Å². The molecule has 0 aliphatic heterocycles. The Morgan fingerprint density at radius 1 is 0.828 bits per heavy atom. The number of allylic oxidation sites excluding steroid dienone is 1. The Morgan fingerprint density at radius 3 is 1.83 bits per heavy atom. The Balaban J connectivity index is 2.39. The highest BCUT2D eigenvalue weighted by Gasteiger charge is 2.28. The predicted molar refractivity (Wildman–Crippen MR) is 139 cm³/mol. The molecule has 0 unspecified atom stereocenters. The number of rotatable bonds is 4. The van der Waals surface area contributed by atoms with Crippen LogP contribution < -0.4 is 10.4 Å². The van der Waals surface area contributed by atoms with Crippen LogP contribution >= 0.6 is 0 Å². The van der Waals surface area contributed by atoms with Gasteiger partial charge in [0.25, 0.3) is 0 Å². The van der Waals surface area contributed by atoms with Crippen molar-refractivity contribution in [3.63, 3.8) is 0 Å². The molecule has 2 aromatic carbocycles. The summed E-state index contributed by atoms with van der Waals surface area (Å²) in [5.74, 6) is 0. The quantitative estimate of drug-likeness (QED) is 0.463. The van der Waals surface area contributed by atoms with Crippen molar-refractivity contribution in [3.05, 3.63) is 52.6 Å². The zero-order valence-corrected chi connectivity index (χ0v) is 22.4. The number of fused-ring (bicyclic) bond motifs is 1. The normalized spacial score (nSPS) is 14.8. The second-order valence-corrected chi connectivity index (χ2v) is 22.1. The summed E-state index contributed by atoms with van der Waals surface area (Å²) < 4.78 is 0. The van der Waals surface area contributed by atoms with Crippen LogP contribution in [0.3, 0.4) is 0 Å². The minimum absolute atomic E-state index is 0.127. The molecule has 1 aliphatic rings. The molecule has 0 N–H and O–H groups in total. The molecule has 0 saturated heterocycles.